The van der Waals surface area contributed by atoms with Gasteiger partial charge in [0, 0.05) is 7.11 Å². The van der Waals surface area contributed by atoms with Crippen LogP contribution in [0.3, 0.4) is 0 Å². The maximum absolute atomic E-state index is 10.5. The summed E-state index contributed by atoms with van der Waals surface area (Å²) in [5.74, 6) is 0. The van der Waals surface area contributed by atoms with E-state index in [4.69, 9.17) is 4.74 Å². The molecular weight excluding hydrogens is 295 g/mol. The van der Waals surface area contributed by atoms with Gasteiger partial charge >= 0.3 is 0 Å². The van der Waals surface area contributed by atoms with Gasteiger partial charge in [-0.25, -0.2) is 9.13 Å². The third-order valence-electron chi connectivity index (χ3n) is 1.85. The minimum Gasteiger partial charge on any atom is -1.00 e. The Morgan fingerprint density at radius 2 is 2.36 bits per heavy atom. The smallest absolute Gasteiger partial charge is 0.258 e. The standard InChI is InChI=1S/C9H15N2O2.HI/c1-3-4-10-5-6-11(8-10)9(7-12)13-2;/h5-9H,3-4H2,1-2H3;1H/q+1;/p-1. The molecule has 1 unspecified atom stereocenters. The van der Waals surface area contributed by atoms with E-state index in [2.05, 4.69) is 6.92 Å². The first-order valence-corrected chi connectivity index (χ1v) is 4.36. The molecule has 5 heteroatoms. The molecule has 4 nitrogen and oxygen atoms in total. The molecule has 14 heavy (non-hydrogen) atoms. The van der Waals surface area contributed by atoms with Crippen molar-refractivity contribution in [1.82, 2.24) is 4.57 Å². The predicted octanol–water partition coefficient (Wildman–Crippen LogP) is -2.47. The molecule has 0 aliphatic rings. The van der Waals surface area contributed by atoms with Gasteiger partial charge in [-0.1, -0.05) is 6.92 Å². The van der Waals surface area contributed by atoms with E-state index < -0.39 is 6.23 Å². The lowest BCUT2D eigenvalue weighted by atomic mass is 10.5. The first-order chi connectivity index (χ1) is 6.31. The topological polar surface area (TPSA) is 35.1 Å². The minimum atomic E-state index is -0.502. The summed E-state index contributed by atoms with van der Waals surface area (Å²) in [5.41, 5.74) is 0. The van der Waals surface area contributed by atoms with Crippen LogP contribution in [-0.2, 0) is 16.1 Å². The van der Waals surface area contributed by atoms with Crippen molar-refractivity contribution in [1.29, 1.82) is 0 Å². The number of imidazole rings is 1. The Labute approximate surface area is 101 Å². The van der Waals surface area contributed by atoms with Gasteiger partial charge in [-0.2, -0.15) is 0 Å². The summed E-state index contributed by atoms with van der Waals surface area (Å²) in [7, 11) is 1.52. The van der Waals surface area contributed by atoms with Crippen LogP contribution in [0.4, 0.5) is 0 Å². The van der Waals surface area contributed by atoms with Gasteiger partial charge in [-0.05, 0) is 6.42 Å². The lowest BCUT2D eigenvalue weighted by molar-refractivity contribution is -0.696. The van der Waals surface area contributed by atoms with E-state index in [1.54, 1.807) is 4.57 Å². The lowest BCUT2D eigenvalue weighted by Gasteiger charge is -2.01. The molecule has 80 valence electrons. The van der Waals surface area contributed by atoms with Gasteiger partial charge < -0.3 is 28.7 Å². The van der Waals surface area contributed by atoms with Crippen molar-refractivity contribution in [3.8, 4) is 0 Å². The molecule has 0 bridgehead atoms. The van der Waals surface area contributed by atoms with E-state index in [0.29, 0.717) is 0 Å². The Morgan fingerprint density at radius 3 is 2.86 bits per heavy atom. The predicted molar refractivity (Wildman–Crippen MR) is 47.0 cm³/mol. The van der Waals surface area contributed by atoms with Crippen molar-refractivity contribution < 1.29 is 38.1 Å². The Balaban J connectivity index is 0.00000169. The third-order valence-corrected chi connectivity index (χ3v) is 1.85. The molecule has 0 saturated heterocycles. The molecule has 0 fully saturated rings. The van der Waals surface area contributed by atoms with Crippen LogP contribution < -0.4 is 28.5 Å². The zero-order valence-corrected chi connectivity index (χ0v) is 10.5. The summed E-state index contributed by atoms with van der Waals surface area (Å²) in [6.45, 7) is 3.07. The van der Waals surface area contributed by atoms with Crippen molar-refractivity contribution >= 4 is 6.29 Å². The average Bonchev–Trinajstić information content (AvgIpc) is 2.56. The number of hydrogen-bond donors (Lipinski definition) is 0. The number of ether oxygens (including phenoxy) is 1. The van der Waals surface area contributed by atoms with E-state index >= 15 is 0 Å². The minimum absolute atomic E-state index is 0. The number of carbonyl (C=O) groups is 1. The fraction of sp³-hybridized carbons (Fsp3) is 0.556. The van der Waals surface area contributed by atoms with Crippen LogP contribution in [0, 0.1) is 0 Å². The van der Waals surface area contributed by atoms with Gasteiger partial charge in [0.05, 0.1) is 6.54 Å². The molecule has 0 N–H and O–H groups in total. The van der Waals surface area contributed by atoms with Gasteiger partial charge in [-0.15, -0.1) is 0 Å². The number of halogens is 1. The van der Waals surface area contributed by atoms with Gasteiger partial charge in [0.1, 0.15) is 12.4 Å². The monoisotopic (exact) mass is 310 g/mol. The summed E-state index contributed by atoms with van der Waals surface area (Å²) < 4.78 is 8.72. The van der Waals surface area contributed by atoms with Crippen molar-refractivity contribution in [2.24, 2.45) is 0 Å². The van der Waals surface area contributed by atoms with E-state index in [-0.39, 0.29) is 24.0 Å². The number of rotatable bonds is 5. The summed E-state index contributed by atoms with van der Waals surface area (Å²) in [4.78, 5) is 10.5. The average molecular weight is 310 g/mol. The number of aromatic nitrogens is 2. The van der Waals surface area contributed by atoms with Crippen LogP contribution in [0.15, 0.2) is 18.7 Å². The fourth-order valence-corrected chi connectivity index (χ4v) is 1.20. The molecule has 1 aromatic heterocycles. The quantitative estimate of drug-likeness (QED) is 0.343. The molecule has 0 spiro atoms. The molecule has 0 amide bonds. The maximum atomic E-state index is 10.5. The number of aldehydes is 1. The second-order valence-corrected chi connectivity index (χ2v) is 2.86. The Bertz CT molecular complexity index is 276. The molecule has 0 radical (unpaired) electrons. The van der Waals surface area contributed by atoms with Crippen molar-refractivity contribution in [3.05, 3.63) is 18.7 Å². The van der Waals surface area contributed by atoms with Crippen molar-refractivity contribution in [2.45, 2.75) is 26.1 Å². The van der Waals surface area contributed by atoms with E-state index in [1.807, 2.05) is 23.3 Å². The van der Waals surface area contributed by atoms with Gasteiger partial charge in [0.2, 0.25) is 6.33 Å². The van der Waals surface area contributed by atoms with Crippen LogP contribution in [0.1, 0.15) is 19.6 Å². The molecule has 1 heterocycles. The zero-order valence-electron chi connectivity index (χ0n) is 8.39. The van der Waals surface area contributed by atoms with Crippen LogP contribution in [0.5, 0.6) is 0 Å². The second-order valence-electron chi connectivity index (χ2n) is 2.86. The number of methoxy groups -OCH3 is 1. The highest BCUT2D eigenvalue weighted by molar-refractivity contribution is 5.53. The molecule has 0 aliphatic carbocycles. The summed E-state index contributed by atoms with van der Waals surface area (Å²) in [5, 5.41) is 0. The van der Waals surface area contributed by atoms with Crippen molar-refractivity contribution in [2.75, 3.05) is 7.11 Å². The molecule has 0 aliphatic heterocycles. The van der Waals surface area contributed by atoms with E-state index in [9.17, 15) is 4.79 Å². The SMILES string of the molecule is CCC[n+]1ccn(C(C=O)OC)c1.[I-]. The van der Waals surface area contributed by atoms with Crippen molar-refractivity contribution in [3.63, 3.8) is 0 Å². The molecular formula is C9H15IN2O2. The van der Waals surface area contributed by atoms with Crippen LogP contribution in [0.2, 0.25) is 0 Å². The zero-order chi connectivity index (χ0) is 9.68. The molecule has 0 saturated carbocycles. The van der Waals surface area contributed by atoms with Gasteiger partial charge in [0.25, 0.3) is 6.23 Å². The Kier molecular flexibility index (Phi) is 6.73. The van der Waals surface area contributed by atoms with Crippen LogP contribution >= 0.6 is 0 Å². The third kappa shape index (κ3) is 3.38. The molecule has 1 rings (SSSR count). The fourth-order valence-electron chi connectivity index (χ4n) is 1.20. The normalized spacial score (nSPS) is 11.9. The number of aryl methyl sites for hydroxylation is 1. The summed E-state index contributed by atoms with van der Waals surface area (Å²) in [6, 6.07) is 0. The summed E-state index contributed by atoms with van der Waals surface area (Å²) >= 11 is 0. The second kappa shape index (κ2) is 6.94. The number of hydrogen-bond acceptors (Lipinski definition) is 2. The highest BCUT2D eigenvalue weighted by Gasteiger charge is 2.13. The van der Waals surface area contributed by atoms with Crippen LogP contribution in [-0.4, -0.2) is 18.0 Å². The Hall–Kier alpha value is -0.430. The van der Waals surface area contributed by atoms with E-state index in [1.165, 1.54) is 7.11 Å². The molecule has 1 aromatic rings. The first kappa shape index (κ1) is 13.6. The largest absolute Gasteiger partial charge is 1.00 e. The lowest BCUT2D eigenvalue weighted by Crippen LogP contribution is -3.00. The molecule has 1 atom stereocenters. The van der Waals surface area contributed by atoms with Gasteiger partial charge in [-0.3, -0.25) is 4.79 Å². The highest BCUT2D eigenvalue weighted by atomic mass is 127. The summed E-state index contributed by atoms with van der Waals surface area (Å²) in [6.07, 6.45) is 6.98. The first-order valence-electron chi connectivity index (χ1n) is 4.36. The number of nitrogens with zero attached hydrogens (tertiary/aromatic N) is 2. The van der Waals surface area contributed by atoms with Crippen LogP contribution in [0.25, 0.3) is 0 Å². The molecule has 0 aromatic carbocycles. The number of carbonyl (C=O) groups excluding carboxylic acids is 1. The maximum Gasteiger partial charge on any atom is 0.258 e. The van der Waals surface area contributed by atoms with Gasteiger partial charge in [0.15, 0.2) is 6.29 Å². The van der Waals surface area contributed by atoms with E-state index in [0.717, 1.165) is 19.3 Å². The highest BCUT2D eigenvalue weighted by Crippen LogP contribution is 2.00. The Morgan fingerprint density at radius 1 is 1.64 bits per heavy atom.